The minimum absolute atomic E-state index is 0.256. The Hall–Kier alpha value is -1.78. The van der Waals surface area contributed by atoms with Crippen LogP contribution in [-0.2, 0) is 10.2 Å². The maximum Gasteiger partial charge on any atom is 0.301 e. The highest BCUT2D eigenvalue weighted by molar-refractivity contribution is 7.90. The van der Waals surface area contributed by atoms with Crippen LogP contribution in [0.1, 0.15) is 0 Å². The number of hydrogen-bond acceptors (Lipinski definition) is 5. The van der Waals surface area contributed by atoms with Crippen molar-refractivity contribution in [2.24, 2.45) is 0 Å². The third kappa shape index (κ3) is 3.21. The summed E-state index contributed by atoms with van der Waals surface area (Å²) in [6, 6.07) is 2.68. The number of hydrogen-bond donors (Lipinski definition) is 2. The minimum Gasteiger partial charge on any atom is -0.314 e. The maximum absolute atomic E-state index is 13.6. The fraction of sp³-hybridized carbons (Fsp3) is 0.400. The number of benzene rings is 1. The van der Waals surface area contributed by atoms with Gasteiger partial charge >= 0.3 is 10.2 Å². The Kier molecular flexibility index (Phi) is 4.16. The molecule has 20 heavy (non-hydrogen) atoms. The van der Waals surface area contributed by atoms with E-state index in [0.29, 0.717) is 13.1 Å². The maximum atomic E-state index is 13.6. The van der Waals surface area contributed by atoms with Crippen molar-refractivity contribution in [1.29, 1.82) is 0 Å². The van der Waals surface area contributed by atoms with E-state index in [9.17, 15) is 22.9 Å². The number of rotatable bonds is 4. The predicted molar refractivity (Wildman–Crippen MR) is 70.0 cm³/mol. The molecule has 0 saturated carbocycles. The van der Waals surface area contributed by atoms with E-state index in [1.807, 2.05) is 4.72 Å². The molecule has 1 aliphatic heterocycles. The lowest BCUT2D eigenvalue weighted by molar-refractivity contribution is -0.384. The van der Waals surface area contributed by atoms with Crippen molar-refractivity contribution >= 4 is 21.6 Å². The highest BCUT2D eigenvalue weighted by atomic mass is 32.2. The summed E-state index contributed by atoms with van der Waals surface area (Å²) in [5, 5.41) is 13.6. The first-order valence-corrected chi connectivity index (χ1v) is 7.27. The number of nitro benzene ring substituents is 1. The summed E-state index contributed by atoms with van der Waals surface area (Å²) in [4.78, 5) is 9.90. The second kappa shape index (κ2) is 5.69. The predicted octanol–water partition coefficient (Wildman–Crippen LogP) is 0.296. The van der Waals surface area contributed by atoms with Crippen molar-refractivity contribution in [2.45, 2.75) is 0 Å². The van der Waals surface area contributed by atoms with E-state index in [1.54, 1.807) is 0 Å². The lowest BCUT2D eigenvalue weighted by Crippen LogP contribution is -2.48. The van der Waals surface area contributed by atoms with Crippen LogP contribution in [0.4, 0.5) is 15.8 Å². The highest BCUT2D eigenvalue weighted by Crippen LogP contribution is 2.22. The van der Waals surface area contributed by atoms with E-state index in [2.05, 4.69) is 5.32 Å². The van der Waals surface area contributed by atoms with Crippen molar-refractivity contribution in [3.63, 3.8) is 0 Å². The Morgan fingerprint density at radius 3 is 2.60 bits per heavy atom. The standard InChI is InChI=1S/C10H13FN4O4S/c11-9-2-1-8(15(16)17)7-10(9)13-20(18,19)14-5-3-12-4-6-14/h1-2,7,12-13H,3-6H2. The van der Waals surface area contributed by atoms with Gasteiger partial charge in [0, 0.05) is 38.3 Å². The molecule has 10 heteroatoms. The average Bonchev–Trinajstić information content (AvgIpc) is 2.42. The molecule has 8 nitrogen and oxygen atoms in total. The van der Waals surface area contributed by atoms with Crippen molar-refractivity contribution in [3.05, 3.63) is 34.1 Å². The second-order valence-electron chi connectivity index (χ2n) is 4.18. The summed E-state index contributed by atoms with van der Waals surface area (Å²) < 4.78 is 40.8. The van der Waals surface area contributed by atoms with Gasteiger partial charge in [-0.3, -0.25) is 14.8 Å². The third-order valence-corrected chi connectivity index (χ3v) is 4.34. The lowest BCUT2D eigenvalue weighted by Gasteiger charge is -2.26. The highest BCUT2D eigenvalue weighted by Gasteiger charge is 2.25. The van der Waals surface area contributed by atoms with E-state index in [-0.39, 0.29) is 18.8 Å². The van der Waals surface area contributed by atoms with Crippen molar-refractivity contribution in [1.82, 2.24) is 9.62 Å². The average molecular weight is 304 g/mol. The third-order valence-electron chi connectivity index (χ3n) is 2.82. The van der Waals surface area contributed by atoms with Crippen LogP contribution >= 0.6 is 0 Å². The molecule has 0 aliphatic carbocycles. The smallest absolute Gasteiger partial charge is 0.301 e. The number of anilines is 1. The van der Waals surface area contributed by atoms with E-state index >= 15 is 0 Å². The minimum atomic E-state index is -3.92. The van der Waals surface area contributed by atoms with Gasteiger partial charge in [-0.05, 0) is 6.07 Å². The summed E-state index contributed by atoms with van der Waals surface area (Å²) >= 11 is 0. The summed E-state index contributed by atoms with van der Waals surface area (Å²) in [5.41, 5.74) is -0.817. The topological polar surface area (TPSA) is 105 Å². The monoisotopic (exact) mass is 304 g/mol. The molecule has 0 amide bonds. The van der Waals surface area contributed by atoms with Gasteiger partial charge < -0.3 is 5.32 Å². The molecule has 0 aromatic heterocycles. The van der Waals surface area contributed by atoms with E-state index < -0.39 is 26.6 Å². The number of halogens is 1. The van der Waals surface area contributed by atoms with E-state index in [0.717, 1.165) is 22.5 Å². The van der Waals surface area contributed by atoms with Gasteiger partial charge in [0.05, 0.1) is 10.6 Å². The first-order valence-electron chi connectivity index (χ1n) is 5.83. The number of piperazine rings is 1. The number of nitro groups is 1. The normalized spacial score (nSPS) is 16.9. The van der Waals surface area contributed by atoms with Crippen LogP contribution < -0.4 is 10.0 Å². The quantitative estimate of drug-likeness (QED) is 0.615. The summed E-state index contributed by atoms with van der Waals surface area (Å²) in [7, 11) is -3.92. The van der Waals surface area contributed by atoms with Crippen LogP contribution in [0.25, 0.3) is 0 Å². The molecule has 110 valence electrons. The molecule has 0 atom stereocenters. The van der Waals surface area contributed by atoms with Crippen molar-refractivity contribution in [2.75, 3.05) is 30.9 Å². The van der Waals surface area contributed by atoms with Crippen LogP contribution in [0.5, 0.6) is 0 Å². The fourth-order valence-corrected chi connectivity index (χ4v) is 3.02. The molecule has 2 N–H and O–H groups in total. The molecular weight excluding hydrogens is 291 g/mol. The number of nitrogens with one attached hydrogen (secondary N) is 2. The zero-order valence-electron chi connectivity index (χ0n) is 10.4. The van der Waals surface area contributed by atoms with Gasteiger partial charge in [-0.25, -0.2) is 4.39 Å². The molecule has 0 radical (unpaired) electrons. The lowest BCUT2D eigenvalue weighted by atomic mass is 10.3. The number of nitrogens with zero attached hydrogens (tertiary/aromatic N) is 2. The molecule has 1 fully saturated rings. The van der Waals surface area contributed by atoms with Gasteiger partial charge in [0.15, 0.2) is 0 Å². The van der Waals surface area contributed by atoms with Gasteiger partial charge in [-0.2, -0.15) is 12.7 Å². The first kappa shape index (κ1) is 14.6. The Bertz CT molecular complexity index is 616. The van der Waals surface area contributed by atoms with Crippen LogP contribution in [0, 0.1) is 15.9 Å². The van der Waals surface area contributed by atoms with Gasteiger partial charge in [-0.15, -0.1) is 0 Å². The Labute approximate surface area is 114 Å². The molecule has 0 spiro atoms. The van der Waals surface area contributed by atoms with Gasteiger partial charge in [0.25, 0.3) is 5.69 Å². The zero-order chi connectivity index (χ0) is 14.8. The van der Waals surface area contributed by atoms with Crippen LogP contribution in [0.15, 0.2) is 18.2 Å². The molecule has 0 bridgehead atoms. The first-order chi connectivity index (χ1) is 9.40. The molecule has 1 aromatic carbocycles. The molecule has 0 unspecified atom stereocenters. The Morgan fingerprint density at radius 1 is 1.35 bits per heavy atom. The SMILES string of the molecule is O=[N+]([O-])c1ccc(F)c(NS(=O)(=O)N2CCNCC2)c1. The Balaban J connectivity index is 2.24. The van der Waals surface area contributed by atoms with Gasteiger partial charge in [0.1, 0.15) is 5.82 Å². The van der Waals surface area contributed by atoms with Gasteiger partial charge in [0.2, 0.25) is 0 Å². The Morgan fingerprint density at radius 2 is 2.00 bits per heavy atom. The van der Waals surface area contributed by atoms with Gasteiger partial charge in [-0.1, -0.05) is 0 Å². The molecule has 2 rings (SSSR count). The van der Waals surface area contributed by atoms with Crippen LogP contribution in [-0.4, -0.2) is 43.8 Å². The fourth-order valence-electron chi connectivity index (χ4n) is 1.79. The molecule has 1 heterocycles. The number of non-ortho nitro benzene ring substituents is 1. The van der Waals surface area contributed by atoms with E-state index in [4.69, 9.17) is 0 Å². The second-order valence-corrected chi connectivity index (χ2v) is 5.85. The molecule has 1 saturated heterocycles. The largest absolute Gasteiger partial charge is 0.314 e. The molecular formula is C10H13FN4O4S. The summed E-state index contributed by atoms with van der Waals surface area (Å²) in [6.07, 6.45) is 0. The molecule has 1 aliphatic rings. The van der Waals surface area contributed by atoms with Crippen molar-refractivity contribution in [3.8, 4) is 0 Å². The summed E-state index contributed by atoms with van der Waals surface area (Å²) in [5.74, 6) is -0.866. The zero-order valence-corrected chi connectivity index (χ0v) is 11.2. The van der Waals surface area contributed by atoms with E-state index in [1.165, 1.54) is 0 Å². The van der Waals surface area contributed by atoms with Crippen LogP contribution in [0.3, 0.4) is 0 Å². The van der Waals surface area contributed by atoms with Crippen LogP contribution in [0.2, 0.25) is 0 Å². The van der Waals surface area contributed by atoms with Crippen molar-refractivity contribution < 1.29 is 17.7 Å². The molecule has 1 aromatic rings. The summed E-state index contributed by atoms with van der Waals surface area (Å²) in [6.45, 7) is 1.51.